The van der Waals surface area contributed by atoms with E-state index >= 15 is 0 Å². The van der Waals surface area contributed by atoms with Crippen LogP contribution in [-0.4, -0.2) is 35.4 Å². The first-order valence-electron chi connectivity index (χ1n) is 6.53. The molecule has 126 valence electrons. The lowest BCUT2D eigenvalue weighted by atomic mass is 10.2. The minimum atomic E-state index is -0.753. The summed E-state index contributed by atoms with van der Waals surface area (Å²) in [5.41, 5.74) is 6.41. The number of anilines is 1. The third kappa shape index (κ3) is 5.09. The molecule has 6 nitrogen and oxygen atoms in total. The molecule has 9 heteroatoms. The number of aromatic nitrogens is 2. The Morgan fingerprint density at radius 1 is 1.39 bits per heavy atom. The van der Waals surface area contributed by atoms with Crippen molar-refractivity contribution in [1.29, 1.82) is 0 Å². The van der Waals surface area contributed by atoms with E-state index < -0.39 is 6.04 Å². The maximum absolute atomic E-state index is 11.9. The zero-order valence-electron chi connectivity index (χ0n) is 12.3. The van der Waals surface area contributed by atoms with Crippen LogP contribution in [0.4, 0.5) is 5.82 Å². The molecule has 0 aliphatic carbocycles. The Labute approximate surface area is 150 Å². The van der Waals surface area contributed by atoms with Crippen molar-refractivity contribution in [3.63, 3.8) is 0 Å². The Balaban J connectivity index is 0.00000264. The van der Waals surface area contributed by atoms with Gasteiger partial charge in [-0.2, -0.15) is 5.10 Å². The van der Waals surface area contributed by atoms with Crippen molar-refractivity contribution >= 4 is 47.3 Å². The maximum Gasteiger partial charge on any atom is 0.244 e. The van der Waals surface area contributed by atoms with E-state index in [1.165, 1.54) is 7.11 Å². The van der Waals surface area contributed by atoms with E-state index in [1.807, 2.05) is 0 Å². The van der Waals surface area contributed by atoms with E-state index in [2.05, 4.69) is 10.4 Å². The van der Waals surface area contributed by atoms with Crippen molar-refractivity contribution in [2.75, 3.05) is 19.0 Å². The standard InChI is InChI=1S/C14H16Cl2N4O2.ClH/c1-22-8-12(17)14(21)19-13-5-6-18-20(13)7-9-10(15)3-2-4-11(9)16;/h2-6,12H,7-8,17H2,1H3,(H,19,21);1H. The van der Waals surface area contributed by atoms with Crippen molar-refractivity contribution < 1.29 is 9.53 Å². The van der Waals surface area contributed by atoms with Crippen LogP contribution in [0.3, 0.4) is 0 Å². The lowest BCUT2D eigenvalue weighted by Gasteiger charge is -2.13. The van der Waals surface area contributed by atoms with Gasteiger partial charge in [-0.25, -0.2) is 4.68 Å². The number of nitrogens with zero attached hydrogens (tertiary/aromatic N) is 2. The molecule has 0 spiro atoms. The molecule has 2 rings (SSSR count). The van der Waals surface area contributed by atoms with E-state index in [1.54, 1.807) is 35.1 Å². The summed E-state index contributed by atoms with van der Waals surface area (Å²) in [6, 6.07) is 6.18. The number of carbonyl (C=O) groups excluding carboxylic acids is 1. The fourth-order valence-corrected chi connectivity index (χ4v) is 2.39. The highest BCUT2D eigenvalue weighted by molar-refractivity contribution is 6.35. The molecule has 0 fully saturated rings. The monoisotopic (exact) mass is 378 g/mol. The molecule has 1 unspecified atom stereocenters. The number of carbonyl (C=O) groups is 1. The summed E-state index contributed by atoms with van der Waals surface area (Å²) in [7, 11) is 1.48. The predicted octanol–water partition coefficient (Wildman–Crippen LogP) is 2.57. The number of amides is 1. The molecule has 0 bridgehead atoms. The van der Waals surface area contributed by atoms with Gasteiger partial charge in [-0.1, -0.05) is 29.3 Å². The van der Waals surface area contributed by atoms with Gasteiger partial charge in [0.1, 0.15) is 11.9 Å². The zero-order valence-corrected chi connectivity index (χ0v) is 14.7. The molecular formula is C14H17Cl3N4O2. The number of benzene rings is 1. The van der Waals surface area contributed by atoms with Gasteiger partial charge in [0, 0.05) is 28.8 Å². The highest BCUT2D eigenvalue weighted by Crippen LogP contribution is 2.25. The summed E-state index contributed by atoms with van der Waals surface area (Å²) >= 11 is 12.3. The van der Waals surface area contributed by atoms with Gasteiger partial charge in [-0.15, -0.1) is 12.4 Å². The van der Waals surface area contributed by atoms with Gasteiger partial charge in [0.15, 0.2) is 0 Å². The van der Waals surface area contributed by atoms with Crippen molar-refractivity contribution in [1.82, 2.24) is 9.78 Å². The summed E-state index contributed by atoms with van der Waals surface area (Å²) in [5.74, 6) is 0.154. The maximum atomic E-state index is 11.9. The minimum Gasteiger partial charge on any atom is -0.383 e. The van der Waals surface area contributed by atoms with Crippen molar-refractivity contribution in [2.45, 2.75) is 12.6 Å². The third-order valence-electron chi connectivity index (χ3n) is 3.02. The molecule has 0 aliphatic heterocycles. The molecule has 3 N–H and O–H groups in total. The predicted molar refractivity (Wildman–Crippen MR) is 93.5 cm³/mol. The molecule has 1 atom stereocenters. The van der Waals surface area contributed by atoms with Crippen LogP contribution in [0, 0.1) is 0 Å². The molecule has 0 saturated heterocycles. The average Bonchev–Trinajstić information content (AvgIpc) is 2.90. The van der Waals surface area contributed by atoms with E-state index in [4.69, 9.17) is 33.7 Å². The normalized spacial score (nSPS) is 11.7. The van der Waals surface area contributed by atoms with Crippen LogP contribution in [0.5, 0.6) is 0 Å². The Kier molecular flexibility index (Phi) is 7.81. The number of hydrogen-bond donors (Lipinski definition) is 2. The molecule has 1 aromatic carbocycles. The average molecular weight is 380 g/mol. The lowest BCUT2D eigenvalue weighted by molar-refractivity contribution is -0.118. The summed E-state index contributed by atoms with van der Waals surface area (Å²) in [6.45, 7) is 0.469. The Morgan fingerprint density at radius 2 is 2.04 bits per heavy atom. The van der Waals surface area contributed by atoms with Gasteiger partial charge in [0.25, 0.3) is 0 Å². The second kappa shape index (κ2) is 9.10. The van der Waals surface area contributed by atoms with Gasteiger partial charge in [0.05, 0.1) is 19.3 Å². The van der Waals surface area contributed by atoms with Crippen molar-refractivity contribution in [2.24, 2.45) is 5.73 Å². The van der Waals surface area contributed by atoms with Crippen LogP contribution in [0.25, 0.3) is 0 Å². The Morgan fingerprint density at radius 3 is 2.65 bits per heavy atom. The number of rotatable bonds is 6. The van der Waals surface area contributed by atoms with E-state index in [-0.39, 0.29) is 24.9 Å². The third-order valence-corrected chi connectivity index (χ3v) is 3.73. The summed E-state index contributed by atoms with van der Waals surface area (Å²) < 4.78 is 6.45. The second-order valence-corrected chi connectivity index (χ2v) is 5.44. The molecule has 0 aliphatic rings. The van der Waals surface area contributed by atoms with E-state index in [0.717, 1.165) is 5.56 Å². The van der Waals surface area contributed by atoms with Gasteiger partial charge >= 0.3 is 0 Å². The number of halogens is 3. The zero-order chi connectivity index (χ0) is 16.1. The number of methoxy groups -OCH3 is 1. The summed E-state index contributed by atoms with van der Waals surface area (Å²) in [5, 5.41) is 7.95. The van der Waals surface area contributed by atoms with Crippen molar-refractivity contribution in [3.8, 4) is 0 Å². The largest absolute Gasteiger partial charge is 0.383 e. The Hall–Kier alpha value is -1.31. The van der Waals surface area contributed by atoms with Gasteiger partial charge in [0.2, 0.25) is 5.91 Å². The van der Waals surface area contributed by atoms with Crippen LogP contribution in [0.1, 0.15) is 5.56 Å². The molecular weight excluding hydrogens is 363 g/mol. The first-order chi connectivity index (χ1) is 10.5. The van der Waals surface area contributed by atoms with E-state index in [9.17, 15) is 4.79 Å². The molecule has 1 heterocycles. The molecule has 23 heavy (non-hydrogen) atoms. The molecule has 0 saturated carbocycles. The number of nitrogens with two attached hydrogens (primary N) is 1. The van der Waals surface area contributed by atoms with Gasteiger partial charge in [-0.05, 0) is 12.1 Å². The minimum absolute atomic E-state index is 0. The number of nitrogens with one attached hydrogen (secondary N) is 1. The lowest BCUT2D eigenvalue weighted by Crippen LogP contribution is -2.39. The van der Waals surface area contributed by atoms with E-state index in [0.29, 0.717) is 22.4 Å². The fraction of sp³-hybridized carbons (Fsp3) is 0.286. The fourth-order valence-electron chi connectivity index (χ4n) is 1.87. The van der Waals surface area contributed by atoms with Crippen LogP contribution in [-0.2, 0) is 16.1 Å². The second-order valence-electron chi connectivity index (χ2n) is 4.63. The first-order valence-corrected chi connectivity index (χ1v) is 7.28. The molecule has 2 aromatic rings. The quantitative estimate of drug-likeness (QED) is 0.808. The molecule has 0 radical (unpaired) electrons. The molecule has 1 amide bonds. The Bertz CT molecular complexity index is 643. The highest BCUT2D eigenvalue weighted by Gasteiger charge is 2.16. The van der Waals surface area contributed by atoms with Crippen LogP contribution < -0.4 is 11.1 Å². The van der Waals surface area contributed by atoms with Crippen molar-refractivity contribution in [3.05, 3.63) is 46.1 Å². The smallest absolute Gasteiger partial charge is 0.244 e. The van der Waals surface area contributed by atoms with Crippen LogP contribution in [0.2, 0.25) is 10.0 Å². The SMILES string of the molecule is COCC(N)C(=O)Nc1ccnn1Cc1c(Cl)cccc1Cl.Cl. The van der Waals surface area contributed by atoms with Crippen LogP contribution >= 0.6 is 35.6 Å². The first kappa shape index (κ1) is 19.7. The van der Waals surface area contributed by atoms with Crippen LogP contribution in [0.15, 0.2) is 30.5 Å². The highest BCUT2D eigenvalue weighted by atomic mass is 35.5. The number of hydrogen-bond acceptors (Lipinski definition) is 4. The summed E-state index contributed by atoms with van der Waals surface area (Å²) in [6.07, 6.45) is 1.57. The molecule has 1 aromatic heterocycles. The summed E-state index contributed by atoms with van der Waals surface area (Å²) in [4.78, 5) is 11.9. The van der Waals surface area contributed by atoms with Gasteiger partial charge in [-0.3, -0.25) is 4.79 Å². The topological polar surface area (TPSA) is 82.2 Å². The van der Waals surface area contributed by atoms with Gasteiger partial charge < -0.3 is 15.8 Å². The number of ether oxygens (including phenoxy) is 1.